The van der Waals surface area contributed by atoms with Crippen molar-refractivity contribution in [3.05, 3.63) is 29.6 Å². The van der Waals surface area contributed by atoms with Crippen LogP contribution in [0.1, 0.15) is 36.0 Å². The van der Waals surface area contributed by atoms with Gasteiger partial charge in [-0.2, -0.15) is 0 Å². The Hall–Kier alpha value is -1.42. The molecule has 4 heteroatoms. The highest BCUT2D eigenvalue weighted by Crippen LogP contribution is 2.18. The summed E-state index contributed by atoms with van der Waals surface area (Å²) in [5.74, 6) is -0.520. The van der Waals surface area contributed by atoms with E-state index >= 15 is 0 Å². The van der Waals surface area contributed by atoms with Crippen molar-refractivity contribution in [3.63, 3.8) is 0 Å². The summed E-state index contributed by atoms with van der Waals surface area (Å²) >= 11 is 0. The summed E-state index contributed by atoms with van der Waals surface area (Å²) in [5, 5.41) is 3.23. The van der Waals surface area contributed by atoms with Gasteiger partial charge in [-0.25, -0.2) is 4.39 Å². The van der Waals surface area contributed by atoms with E-state index in [0.717, 1.165) is 12.8 Å². The zero-order chi connectivity index (χ0) is 12.3. The van der Waals surface area contributed by atoms with Crippen molar-refractivity contribution in [2.45, 2.75) is 31.7 Å². The third-order valence-corrected chi connectivity index (χ3v) is 3.22. The Bertz CT molecular complexity index is 414. The third kappa shape index (κ3) is 3.03. The first-order valence-electron chi connectivity index (χ1n) is 5.98. The fraction of sp³-hybridized carbons (Fsp3) is 0.462. The number of halogens is 1. The maximum absolute atomic E-state index is 12.9. The SMILES string of the molecule is Nc1cc(C(=O)CNC2CCCC2)ccc1F. The molecule has 92 valence electrons. The maximum atomic E-state index is 12.9. The Morgan fingerprint density at radius 2 is 2.12 bits per heavy atom. The highest BCUT2D eigenvalue weighted by atomic mass is 19.1. The fourth-order valence-electron chi connectivity index (χ4n) is 2.19. The first-order chi connectivity index (χ1) is 8.16. The quantitative estimate of drug-likeness (QED) is 0.622. The van der Waals surface area contributed by atoms with Gasteiger partial charge in [-0.1, -0.05) is 12.8 Å². The summed E-state index contributed by atoms with van der Waals surface area (Å²) in [6, 6.07) is 4.56. The standard InChI is InChI=1S/C13H17FN2O/c14-11-6-5-9(7-12(11)15)13(17)8-16-10-3-1-2-4-10/h5-7,10,16H,1-4,8,15H2. The summed E-state index contributed by atoms with van der Waals surface area (Å²) in [4.78, 5) is 11.8. The Morgan fingerprint density at radius 3 is 2.76 bits per heavy atom. The number of hydrogen-bond acceptors (Lipinski definition) is 3. The molecule has 1 fully saturated rings. The van der Waals surface area contributed by atoms with E-state index in [-0.39, 0.29) is 11.5 Å². The minimum atomic E-state index is -0.481. The molecule has 1 aliphatic rings. The number of Topliss-reactive ketones (excluding diaryl/α,β-unsaturated/α-hetero) is 1. The molecule has 1 aromatic rings. The van der Waals surface area contributed by atoms with Crippen molar-refractivity contribution in [3.8, 4) is 0 Å². The van der Waals surface area contributed by atoms with Crippen LogP contribution in [0.2, 0.25) is 0 Å². The van der Waals surface area contributed by atoms with Gasteiger partial charge in [0.1, 0.15) is 5.82 Å². The van der Waals surface area contributed by atoms with Gasteiger partial charge in [0, 0.05) is 11.6 Å². The molecule has 0 aromatic heterocycles. The first kappa shape index (κ1) is 12.0. The fourth-order valence-corrected chi connectivity index (χ4v) is 2.19. The zero-order valence-corrected chi connectivity index (χ0v) is 9.71. The van der Waals surface area contributed by atoms with Crippen LogP contribution in [-0.2, 0) is 0 Å². The van der Waals surface area contributed by atoms with Crippen molar-refractivity contribution in [1.82, 2.24) is 5.32 Å². The second-order valence-corrected chi connectivity index (χ2v) is 4.52. The van der Waals surface area contributed by atoms with E-state index in [1.54, 1.807) is 0 Å². The number of nitrogen functional groups attached to an aromatic ring is 1. The van der Waals surface area contributed by atoms with E-state index < -0.39 is 5.82 Å². The van der Waals surface area contributed by atoms with Crippen molar-refractivity contribution in [1.29, 1.82) is 0 Å². The van der Waals surface area contributed by atoms with Gasteiger partial charge in [0.2, 0.25) is 0 Å². The van der Waals surface area contributed by atoms with E-state index in [1.165, 1.54) is 31.0 Å². The molecule has 3 nitrogen and oxygen atoms in total. The molecule has 0 amide bonds. The predicted molar refractivity (Wildman–Crippen MR) is 65.4 cm³/mol. The van der Waals surface area contributed by atoms with Gasteiger partial charge in [0.25, 0.3) is 0 Å². The zero-order valence-electron chi connectivity index (χ0n) is 9.71. The molecule has 2 rings (SSSR count). The number of carbonyl (C=O) groups is 1. The van der Waals surface area contributed by atoms with Crippen LogP contribution in [-0.4, -0.2) is 18.4 Å². The molecule has 0 heterocycles. The Labute approximate surface area is 100 Å². The number of carbonyl (C=O) groups excluding carboxylic acids is 1. The third-order valence-electron chi connectivity index (χ3n) is 3.22. The van der Waals surface area contributed by atoms with Crippen LogP contribution in [0.5, 0.6) is 0 Å². The molecule has 0 saturated heterocycles. The largest absolute Gasteiger partial charge is 0.396 e. The smallest absolute Gasteiger partial charge is 0.176 e. The lowest BCUT2D eigenvalue weighted by Gasteiger charge is -2.11. The van der Waals surface area contributed by atoms with Crippen LogP contribution in [0.3, 0.4) is 0 Å². The number of benzene rings is 1. The van der Waals surface area contributed by atoms with E-state index in [2.05, 4.69) is 5.32 Å². The summed E-state index contributed by atoms with van der Waals surface area (Å²) < 4.78 is 12.9. The molecular formula is C13H17FN2O. The molecule has 3 N–H and O–H groups in total. The first-order valence-corrected chi connectivity index (χ1v) is 5.98. The molecule has 0 aliphatic heterocycles. The van der Waals surface area contributed by atoms with Gasteiger partial charge in [0.05, 0.1) is 12.2 Å². The van der Waals surface area contributed by atoms with Gasteiger partial charge in [0.15, 0.2) is 5.78 Å². The van der Waals surface area contributed by atoms with Gasteiger partial charge >= 0.3 is 0 Å². The minimum Gasteiger partial charge on any atom is -0.396 e. The maximum Gasteiger partial charge on any atom is 0.176 e. The molecule has 0 spiro atoms. The second kappa shape index (κ2) is 5.27. The van der Waals surface area contributed by atoms with E-state index in [1.807, 2.05) is 0 Å². The van der Waals surface area contributed by atoms with Crippen LogP contribution in [0.15, 0.2) is 18.2 Å². The van der Waals surface area contributed by atoms with Crippen molar-refractivity contribution < 1.29 is 9.18 Å². The average molecular weight is 236 g/mol. The van der Waals surface area contributed by atoms with Gasteiger partial charge in [-0.3, -0.25) is 4.79 Å². The summed E-state index contributed by atoms with van der Waals surface area (Å²) in [6.07, 6.45) is 4.74. The van der Waals surface area contributed by atoms with Gasteiger partial charge in [-0.05, 0) is 31.0 Å². The monoisotopic (exact) mass is 236 g/mol. The highest BCUT2D eigenvalue weighted by Gasteiger charge is 2.16. The number of hydrogen-bond donors (Lipinski definition) is 2. The van der Waals surface area contributed by atoms with Crippen LogP contribution < -0.4 is 11.1 Å². The Morgan fingerprint density at radius 1 is 1.41 bits per heavy atom. The molecule has 0 radical (unpaired) electrons. The van der Waals surface area contributed by atoms with Crippen molar-refractivity contribution >= 4 is 11.5 Å². The summed E-state index contributed by atoms with van der Waals surface area (Å²) in [6.45, 7) is 0.301. The van der Waals surface area contributed by atoms with E-state index in [0.29, 0.717) is 18.2 Å². The van der Waals surface area contributed by atoms with Crippen molar-refractivity contribution in [2.24, 2.45) is 0 Å². The number of rotatable bonds is 4. The lowest BCUT2D eigenvalue weighted by atomic mass is 10.1. The molecule has 1 saturated carbocycles. The number of anilines is 1. The van der Waals surface area contributed by atoms with E-state index in [4.69, 9.17) is 5.73 Å². The average Bonchev–Trinajstić information content (AvgIpc) is 2.82. The summed E-state index contributed by atoms with van der Waals surface area (Å²) in [7, 11) is 0. The van der Waals surface area contributed by atoms with Crippen LogP contribution >= 0.6 is 0 Å². The number of nitrogens with two attached hydrogens (primary N) is 1. The Balaban J connectivity index is 1.92. The molecule has 0 bridgehead atoms. The highest BCUT2D eigenvalue weighted by molar-refractivity contribution is 5.98. The molecule has 17 heavy (non-hydrogen) atoms. The topological polar surface area (TPSA) is 55.1 Å². The molecule has 1 aliphatic carbocycles. The van der Waals surface area contributed by atoms with Crippen LogP contribution in [0.4, 0.5) is 10.1 Å². The number of ketones is 1. The minimum absolute atomic E-state index is 0.0247. The molecule has 0 unspecified atom stereocenters. The molecule has 1 aromatic carbocycles. The lowest BCUT2D eigenvalue weighted by Crippen LogP contribution is -2.31. The second-order valence-electron chi connectivity index (χ2n) is 4.52. The predicted octanol–water partition coefficient (Wildman–Crippen LogP) is 2.12. The summed E-state index contributed by atoms with van der Waals surface area (Å²) in [5.41, 5.74) is 5.92. The van der Waals surface area contributed by atoms with Gasteiger partial charge in [-0.15, -0.1) is 0 Å². The number of nitrogens with one attached hydrogen (secondary N) is 1. The van der Waals surface area contributed by atoms with Crippen LogP contribution in [0.25, 0.3) is 0 Å². The Kier molecular flexibility index (Phi) is 3.74. The lowest BCUT2D eigenvalue weighted by molar-refractivity contribution is 0.0987. The normalized spacial score (nSPS) is 16.3. The molecule has 0 atom stereocenters. The van der Waals surface area contributed by atoms with Gasteiger partial charge < -0.3 is 11.1 Å². The van der Waals surface area contributed by atoms with Crippen molar-refractivity contribution in [2.75, 3.05) is 12.3 Å². The van der Waals surface area contributed by atoms with E-state index in [9.17, 15) is 9.18 Å². The van der Waals surface area contributed by atoms with Crippen LogP contribution in [0, 0.1) is 5.82 Å². The molecular weight excluding hydrogens is 219 g/mol.